The van der Waals surface area contributed by atoms with Crippen molar-refractivity contribution >= 4 is 41.6 Å². The highest BCUT2D eigenvalue weighted by Gasteiger charge is 2.40. The molecule has 0 aromatic carbocycles. The van der Waals surface area contributed by atoms with Crippen LogP contribution in [0.15, 0.2) is 24.5 Å². The van der Waals surface area contributed by atoms with E-state index < -0.39 is 6.10 Å². The Morgan fingerprint density at radius 1 is 1.16 bits per heavy atom. The number of ether oxygens (including phenoxy) is 1. The summed E-state index contributed by atoms with van der Waals surface area (Å²) in [5, 5.41) is 15.8. The van der Waals surface area contributed by atoms with Crippen LogP contribution >= 0.6 is 12.4 Å². The number of nitrogens with zero attached hydrogens (tertiary/aromatic N) is 6. The minimum Gasteiger partial charge on any atom is -0.460 e. The minimum atomic E-state index is -1.16. The van der Waals surface area contributed by atoms with E-state index in [2.05, 4.69) is 30.5 Å². The van der Waals surface area contributed by atoms with Crippen molar-refractivity contribution in [3.63, 3.8) is 0 Å². The molecular formula is C21H25ClN8O2. The molecule has 0 bridgehead atoms. The largest absolute Gasteiger partial charge is 0.460 e. The quantitative estimate of drug-likeness (QED) is 0.711. The monoisotopic (exact) mass is 456 g/mol. The van der Waals surface area contributed by atoms with Crippen LogP contribution in [0.3, 0.4) is 0 Å². The SMILES string of the molecule is Cl.N#CC1Oc2cnc(Nc3ccc(N4CCNCC4)cn3)nc2N(C2CCCC2)C1=O. The van der Waals surface area contributed by atoms with Crippen molar-refractivity contribution in [2.45, 2.75) is 37.8 Å². The van der Waals surface area contributed by atoms with E-state index in [1.165, 1.54) is 6.20 Å². The fourth-order valence-corrected chi connectivity index (χ4v) is 4.37. The smallest absolute Gasteiger partial charge is 0.284 e. The van der Waals surface area contributed by atoms with Crippen LogP contribution in [0.2, 0.25) is 0 Å². The summed E-state index contributed by atoms with van der Waals surface area (Å²) >= 11 is 0. The molecule has 1 atom stereocenters. The molecule has 2 fully saturated rings. The number of hydrogen-bond acceptors (Lipinski definition) is 9. The Morgan fingerprint density at radius 3 is 2.62 bits per heavy atom. The lowest BCUT2D eigenvalue weighted by molar-refractivity contribution is -0.124. The minimum absolute atomic E-state index is 0. The molecule has 2 aromatic heterocycles. The van der Waals surface area contributed by atoms with Crippen LogP contribution in [0.1, 0.15) is 25.7 Å². The topological polar surface area (TPSA) is 119 Å². The lowest BCUT2D eigenvalue weighted by Gasteiger charge is -2.34. The molecule has 1 saturated carbocycles. The molecule has 1 saturated heterocycles. The summed E-state index contributed by atoms with van der Waals surface area (Å²) in [7, 11) is 0. The lowest BCUT2D eigenvalue weighted by Crippen LogP contribution is -2.50. The maximum atomic E-state index is 12.8. The maximum absolute atomic E-state index is 12.8. The number of carbonyl (C=O) groups excluding carboxylic acids is 1. The number of carbonyl (C=O) groups is 1. The Bertz CT molecular complexity index is 1000. The van der Waals surface area contributed by atoms with Gasteiger partial charge in [-0.05, 0) is 25.0 Å². The molecule has 4 heterocycles. The van der Waals surface area contributed by atoms with Gasteiger partial charge < -0.3 is 20.3 Å². The van der Waals surface area contributed by atoms with E-state index in [1.807, 2.05) is 24.4 Å². The second-order valence-corrected chi connectivity index (χ2v) is 7.92. The van der Waals surface area contributed by atoms with Crippen LogP contribution < -0.4 is 25.2 Å². The van der Waals surface area contributed by atoms with E-state index in [0.29, 0.717) is 23.3 Å². The number of fused-ring (bicyclic) bond motifs is 1. The molecule has 2 aliphatic heterocycles. The van der Waals surface area contributed by atoms with Crippen LogP contribution in [0.5, 0.6) is 5.75 Å². The first-order chi connectivity index (χ1) is 15.2. The molecule has 11 heteroatoms. The van der Waals surface area contributed by atoms with Gasteiger partial charge >= 0.3 is 0 Å². The van der Waals surface area contributed by atoms with Gasteiger partial charge in [0.1, 0.15) is 11.9 Å². The number of amides is 1. The van der Waals surface area contributed by atoms with E-state index in [0.717, 1.165) is 57.5 Å². The highest BCUT2D eigenvalue weighted by Crippen LogP contribution is 2.37. The van der Waals surface area contributed by atoms with Gasteiger partial charge in [-0.3, -0.25) is 9.69 Å². The van der Waals surface area contributed by atoms with Crippen molar-refractivity contribution in [1.29, 1.82) is 5.26 Å². The second-order valence-electron chi connectivity index (χ2n) is 7.92. The van der Waals surface area contributed by atoms with Gasteiger partial charge in [-0.15, -0.1) is 12.4 Å². The van der Waals surface area contributed by atoms with Crippen molar-refractivity contribution < 1.29 is 9.53 Å². The van der Waals surface area contributed by atoms with E-state index in [1.54, 1.807) is 4.90 Å². The molecule has 2 aromatic rings. The molecule has 0 radical (unpaired) electrons. The molecule has 1 unspecified atom stereocenters. The van der Waals surface area contributed by atoms with E-state index in [4.69, 9.17) is 4.74 Å². The number of anilines is 4. The van der Waals surface area contributed by atoms with Crippen molar-refractivity contribution in [1.82, 2.24) is 20.3 Å². The predicted octanol–water partition coefficient (Wildman–Crippen LogP) is 2.01. The van der Waals surface area contributed by atoms with Crippen LogP contribution in [-0.4, -0.2) is 59.2 Å². The van der Waals surface area contributed by atoms with Crippen molar-refractivity contribution in [2.75, 3.05) is 41.3 Å². The van der Waals surface area contributed by atoms with Gasteiger partial charge in [0.15, 0.2) is 11.6 Å². The molecule has 3 aliphatic rings. The molecule has 0 spiro atoms. The molecular weight excluding hydrogens is 432 g/mol. The van der Waals surface area contributed by atoms with Crippen molar-refractivity contribution in [2.24, 2.45) is 0 Å². The number of piperazine rings is 1. The first-order valence-corrected chi connectivity index (χ1v) is 10.7. The Morgan fingerprint density at radius 2 is 1.94 bits per heavy atom. The second kappa shape index (κ2) is 9.54. The number of hydrogen-bond donors (Lipinski definition) is 2. The van der Waals surface area contributed by atoms with Crippen LogP contribution in [0.4, 0.5) is 23.3 Å². The molecule has 1 aliphatic carbocycles. The fourth-order valence-electron chi connectivity index (χ4n) is 4.37. The summed E-state index contributed by atoms with van der Waals surface area (Å²) in [6.07, 6.45) is 6.09. The number of nitrogens with one attached hydrogen (secondary N) is 2. The zero-order chi connectivity index (χ0) is 21.2. The van der Waals surface area contributed by atoms with Gasteiger partial charge in [-0.25, -0.2) is 9.97 Å². The van der Waals surface area contributed by atoms with Gasteiger partial charge in [0.2, 0.25) is 5.95 Å². The summed E-state index contributed by atoms with van der Waals surface area (Å²) in [4.78, 5) is 30.1. The average Bonchev–Trinajstić information content (AvgIpc) is 3.34. The number of rotatable bonds is 4. The highest BCUT2D eigenvalue weighted by molar-refractivity contribution is 6.01. The van der Waals surface area contributed by atoms with Gasteiger partial charge in [0.05, 0.1) is 18.1 Å². The first-order valence-electron chi connectivity index (χ1n) is 10.7. The standard InChI is InChI=1S/C21H24N8O2.ClH/c22-11-16-20(30)29(14-3-1-2-4-14)19-17(31-16)13-25-21(27-19)26-18-6-5-15(12-24-18)28-9-7-23-8-10-28;/h5-6,12-14,16,23H,1-4,7-10H2,(H,24,25,26,27);1H. The van der Waals surface area contributed by atoms with Crippen molar-refractivity contribution in [3.8, 4) is 11.8 Å². The Labute approximate surface area is 192 Å². The third-order valence-electron chi connectivity index (χ3n) is 5.95. The molecule has 1 amide bonds. The summed E-state index contributed by atoms with van der Waals surface area (Å²) in [5.74, 6) is 1.36. The van der Waals surface area contributed by atoms with Crippen LogP contribution in [0, 0.1) is 11.3 Å². The Balaban J connectivity index is 0.00000245. The Hall–Kier alpha value is -3.16. The maximum Gasteiger partial charge on any atom is 0.284 e. The first kappa shape index (κ1) is 22.0. The zero-order valence-corrected chi connectivity index (χ0v) is 18.3. The summed E-state index contributed by atoms with van der Waals surface area (Å²) < 4.78 is 5.54. The lowest BCUT2D eigenvalue weighted by atomic mass is 10.1. The molecule has 5 rings (SSSR count). The van der Waals surface area contributed by atoms with Gasteiger partial charge in [-0.2, -0.15) is 10.2 Å². The number of aromatic nitrogens is 3. The molecule has 2 N–H and O–H groups in total. The van der Waals surface area contributed by atoms with Crippen LogP contribution in [0.25, 0.3) is 0 Å². The summed E-state index contributed by atoms with van der Waals surface area (Å²) in [6.45, 7) is 3.84. The van der Waals surface area contributed by atoms with E-state index in [-0.39, 0.29) is 24.4 Å². The Kier molecular flexibility index (Phi) is 6.58. The average molecular weight is 457 g/mol. The number of pyridine rings is 1. The number of nitriles is 1. The normalized spacial score (nSPS) is 20.7. The van der Waals surface area contributed by atoms with Crippen molar-refractivity contribution in [3.05, 3.63) is 24.5 Å². The van der Waals surface area contributed by atoms with Gasteiger partial charge in [0, 0.05) is 32.2 Å². The van der Waals surface area contributed by atoms with E-state index in [9.17, 15) is 10.1 Å². The predicted molar refractivity (Wildman–Crippen MR) is 122 cm³/mol. The summed E-state index contributed by atoms with van der Waals surface area (Å²) in [5.41, 5.74) is 1.08. The molecule has 168 valence electrons. The highest BCUT2D eigenvalue weighted by atomic mass is 35.5. The van der Waals surface area contributed by atoms with E-state index >= 15 is 0 Å². The fraction of sp³-hybridized carbons (Fsp3) is 0.476. The molecule has 10 nitrogen and oxygen atoms in total. The third-order valence-corrected chi connectivity index (χ3v) is 5.95. The van der Waals surface area contributed by atoms with Gasteiger partial charge in [0.25, 0.3) is 12.0 Å². The third kappa shape index (κ3) is 4.26. The summed E-state index contributed by atoms with van der Waals surface area (Å²) in [6, 6.07) is 5.88. The molecule has 32 heavy (non-hydrogen) atoms. The van der Waals surface area contributed by atoms with Gasteiger partial charge in [-0.1, -0.05) is 12.8 Å². The zero-order valence-electron chi connectivity index (χ0n) is 17.5. The number of halogens is 1. The van der Waals surface area contributed by atoms with Crippen LogP contribution in [-0.2, 0) is 4.79 Å².